The summed E-state index contributed by atoms with van der Waals surface area (Å²) in [5.41, 5.74) is 3.15. The van der Waals surface area contributed by atoms with E-state index in [4.69, 9.17) is 4.74 Å². The summed E-state index contributed by atoms with van der Waals surface area (Å²) in [5.74, 6) is 0.684. The summed E-state index contributed by atoms with van der Waals surface area (Å²) in [5, 5.41) is 8.68. The zero-order valence-corrected chi connectivity index (χ0v) is 17.8. The Hall–Kier alpha value is -4.05. The van der Waals surface area contributed by atoms with Crippen molar-refractivity contribution in [1.29, 1.82) is 0 Å². The van der Waals surface area contributed by atoms with Crippen molar-refractivity contribution in [3.8, 4) is 5.75 Å². The summed E-state index contributed by atoms with van der Waals surface area (Å²) in [6.45, 7) is 1.73. The van der Waals surface area contributed by atoms with Crippen LogP contribution in [0.1, 0.15) is 11.1 Å². The third-order valence-electron chi connectivity index (χ3n) is 5.08. The number of carbonyl (C=O) groups is 1. The first-order chi connectivity index (χ1) is 15.8. The Bertz CT molecular complexity index is 1180. The normalized spacial score (nSPS) is 10.9. The Morgan fingerprint density at radius 1 is 0.781 bits per heavy atom. The molecule has 1 amide bonds. The third-order valence-corrected chi connectivity index (χ3v) is 5.08. The van der Waals surface area contributed by atoms with E-state index in [2.05, 4.69) is 34.9 Å². The third kappa shape index (κ3) is 5.99. The van der Waals surface area contributed by atoms with Crippen LogP contribution in [0.4, 0.5) is 5.69 Å². The number of carbonyl (C=O) groups excluding carboxylic acids is 1. The Labute approximate surface area is 188 Å². The van der Waals surface area contributed by atoms with E-state index in [1.807, 2.05) is 72.8 Å². The molecule has 32 heavy (non-hydrogen) atoms. The van der Waals surface area contributed by atoms with Gasteiger partial charge in [0.25, 0.3) is 0 Å². The van der Waals surface area contributed by atoms with E-state index in [0.29, 0.717) is 19.7 Å². The van der Waals surface area contributed by atoms with Gasteiger partial charge in [-0.05, 0) is 40.8 Å². The number of nitrogens with one attached hydrogen (secondary N) is 2. The second kappa shape index (κ2) is 10.8. The standard InChI is InChI=1S/C28H26N2O2/c31-28(30-20-19-29-27-12-6-10-24-9-4-5-11-26(24)27)18-15-22-13-16-25(17-14-22)32-21-23-7-2-1-3-8-23/h1-18,29H,19-21H2,(H,30,31)/b18-15+. The van der Waals surface area contributed by atoms with Crippen molar-refractivity contribution in [1.82, 2.24) is 5.32 Å². The zero-order valence-electron chi connectivity index (χ0n) is 17.8. The van der Waals surface area contributed by atoms with E-state index >= 15 is 0 Å². The molecule has 0 saturated carbocycles. The molecule has 0 atom stereocenters. The number of amides is 1. The molecule has 0 bridgehead atoms. The number of hydrogen-bond acceptors (Lipinski definition) is 3. The van der Waals surface area contributed by atoms with E-state index in [1.54, 1.807) is 12.2 Å². The molecule has 4 aromatic rings. The van der Waals surface area contributed by atoms with Gasteiger partial charge >= 0.3 is 0 Å². The van der Waals surface area contributed by atoms with Gasteiger partial charge in [-0.15, -0.1) is 0 Å². The second-order valence-electron chi connectivity index (χ2n) is 7.42. The van der Waals surface area contributed by atoms with Crippen LogP contribution in [0.5, 0.6) is 5.75 Å². The fourth-order valence-electron chi connectivity index (χ4n) is 3.41. The van der Waals surface area contributed by atoms with Gasteiger partial charge in [-0.1, -0.05) is 78.9 Å². The van der Waals surface area contributed by atoms with Crippen LogP contribution in [0, 0.1) is 0 Å². The lowest BCUT2D eigenvalue weighted by Crippen LogP contribution is -2.27. The molecule has 0 spiro atoms. The average molecular weight is 423 g/mol. The molecule has 0 unspecified atom stereocenters. The van der Waals surface area contributed by atoms with Crippen LogP contribution in [0.3, 0.4) is 0 Å². The lowest BCUT2D eigenvalue weighted by molar-refractivity contribution is -0.116. The smallest absolute Gasteiger partial charge is 0.244 e. The lowest BCUT2D eigenvalue weighted by atomic mass is 10.1. The fraction of sp³-hybridized carbons (Fsp3) is 0.107. The average Bonchev–Trinajstić information content (AvgIpc) is 2.85. The minimum absolute atomic E-state index is 0.117. The molecule has 2 N–H and O–H groups in total. The number of fused-ring (bicyclic) bond motifs is 1. The summed E-state index contributed by atoms with van der Waals surface area (Å²) in [6, 6.07) is 32.2. The SMILES string of the molecule is O=C(/C=C/c1ccc(OCc2ccccc2)cc1)NCCNc1cccc2ccccc12. The molecule has 4 heteroatoms. The maximum Gasteiger partial charge on any atom is 0.244 e. The monoisotopic (exact) mass is 422 g/mol. The maximum absolute atomic E-state index is 12.1. The summed E-state index contributed by atoms with van der Waals surface area (Å²) in [4.78, 5) is 12.1. The van der Waals surface area contributed by atoms with Crippen LogP contribution >= 0.6 is 0 Å². The van der Waals surface area contributed by atoms with Crippen LogP contribution in [-0.2, 0) is 11.4 Å². The second-order valence-corrected chi connectivity index (χ2v) is 7.42. The van der Waals surface area contributed by atoms with Gasteiger partial charge in [-0.3, -0.25) is 4.79 Å². The topological polar surface area (TPSA) is 50.4 Å². The summed E-state index contributed by atoms with van der Waals surface area (Å²) in [6.07, 6.45) is 3.35. The van der Waals surface area contributed by atoms with Crippen molar-refractivity contribution in [2.45, 2.75) is 6.61 Å². The minimum Gasteiger partial charge on any atom is -0.489 e. The van der Waals surface area contributed by atoms with Gasteiger partial charge in [-0.2, -0.15) is 0 Å². The minimum atomic E-state index is -0.117. The Balaban J connectivity index is 1.20. The zero-order chi connectivity index (χ0) is 22.0. The molecule has 4 nitrogen and oxygen atoms in total. The maximum atomic E-state index is 12.1. The first kappa shape index (κ1) is 21.2. The van der Waals surface area contributed by atoms with E-state index < -0.39 is 0 Å². The number of benzene rings is 4. The van der Waals surface area contributed by atoms with Gasteiger partial charge in [0.15, 0.2) is 0 Å². The Kier molecular flexibility index (Phi) is 7.17. The molecule has 0 radical (unpaired) electrons. The van der Waals surface area contributed by atoms with Crippen LogP contribution < -0.4 is 15.4 Å². The van der Waals surface area contributed by atoms with Crippen molar-refractivity contribution in [2.24, 2.45) is 0 Å². The molecule has 0 aromatic heterocycles. The van der Waals surface area contributed by atoms with Crippen molar-refractivity contribution in [3.63, 3.8) is 0 Å². The van der Waals surface area contributed by atoms with Crippen molar-refractivity contribution < 1.29 is 9.53 Å². The summed E-state index contributed by atoms with van der Waals surface area (Å²) >= 11 is 0. The molecule has 0 aliphatic carbocycles. The van der Waals surface area contributed by atoms with Crippen LogP contribution in [0.15, 0.2) is 103 Å². The number of rotatable bonds is 9. The molecule has 4 aromatic carbocycles. The highest BCUT2D eigenvalue weighted by molar-refractivity contribution is 5.94. The number of anilines is 1. The molecular weight excluding hydrogens is 396 g/mol. The highest BCUT2D eigenvalue weighted by atomic mass is 16.5. The molecule has 0 heterocycles. The highest BCUT2D eigenvalue weighted by Crippen LogP contribution is 2.22. The van der Waals surface area contributed by atoms with Gasteiger partial charge in [0.05, 0.1) is 0 Å². The van der Waals surface area contributed by atoms with Crippen molar-refractivity contribution >= 4 is 28.4 Å². The fourth-order valence-corrected chi connectivity index (χ4v) is 3.41. The summed E-state index contributed by atoms with van der Waals surface area (Å²) < 4.78 is 5.79. The van der Waals surface area contributed by atoms with E-state index in [1.165, 1.54) is 10.8 Å². The van der Waals surface area contributed by atoms with Gasteiger partial charge in [-0.25, -0.2) is 0 Å². The molecule has 160 valence electrons. The molecule has 0 aliphatic rings. The highest BCUT2D eigenvalue weighted by Gasteiger charge is 2.00. The van der Waals surface area contributed by atoms with Crippen LogP contribution in [0.25, 0.3) is 16.8 Å². The molecule has 0 saturated heterocycles. The quantitative estimate of drug-likeness (QED) is 0.270. The number of hydrogen-bond donors (Lipinski definition) is 2. The van der Waals surface area contributed by atoms with Crippen LogP contribution in [0.2, 0.25) is 0 Å². The van der Waals surface area contributed by atoms with E-state index in [0.717, 1.165) is 22.6 Å². The Morgan fingerprint density at radius 2 is 1.53 bits per heavy atom. The molecule has 0 aliphatic heterocycles. The largest absolute Gasteiger partial charge is 0.489 e. The van der Waals surface area contributed by atoms with E-state index in [-0.39, 0.29) is 5.91 Å². The van der Waals surface area contributed by atoms with Gasteiger partial charge < -0.3 is 15.4 Å². The predicted octanol–water partition coefficient (Wildman–Crippen LogP) is 5.66. The van der Waals surface area contributed by atoms with E-state index in [9.17, 15) is 4.79 Å². The molecule has 0 fully saturated rings. The van der Waals surface area contributed by atoms with Crippen molar-refractivity contribution in [3.05, 3.63) is 114 Å². The Morgan fingerprint density at radius 3 is 2.38 bits per heavy atom. The van der Waals surface area contributed by atoms with Crippen molar-refractivity contribution in [2.75, 3.05) is 18.4 Å². The first-order valence-corrected chi connectivity index (χ1v) is 10.7. The predicted molar refractivity (Wildman–Crippen MR) is 132 cm³/mol. The van der Waals surface area contributed by atoms with Crippen LogP contribution in [-0.4, -0.2) is 19.0 Å². The van der Waals surface area contributed by atoms with Gasteiger partial charge in [0.2, 0.25) is 5.91 Å². The summed E-state index contributed by atoms with van der Waals surface area (Å²) in [7, 11) is 0. The lowest BCUT2D eigenvalue weighted by Gasteiger charge is -2.10. The number of ether oxygens (including phenoxy) is 1. The van der Waals surface area contributed by atoms with Gasteiger partial charge in [0.1, 0.15) is 12.4 Å². The van der Waals surface area contributed by atoms with Gasteiger partial charge in [0, 0.05) is 30.2 Å². The molecule has 4 rings (SSSR count). The first-order valence-electron chi connectivity index (χ1n) is 10.7. The molecular formula is C28H26N2O2.